The van der Waals surface area contributed by atoms with Gasteiger partial charge in [0.2, 0.25) is 11.8 Å². The molecular formula is C23H28Cl2N2O2. The number of rotatable bonds is 10. The maximum Gasteiger partial charge on any atom is 0.242 e. The molecule has 6 heteroatoms. The molecule has 4 nitrogen and oxygen atoms in total. The molecule has 2 aromatic rings. The fourth-order valence-electron chi connectivity index (χ4n) is 3.16. The van der Waals surface area contributed by atoms with E-state index in [1.54, 1.807) is 23.1 Å². The van der Waals surface area contributed by atoms with Gasteiger partial charge in [0.25, 0.3) is 0 Å². The molecule has 29 heavy (non-hydrogen) atoms. The van der Waals surface area contributed by atoms with Crippen molar-refractivity contribution < 1.29 is 9.59 Å². The zero-order valence-electron chi connectivity index (χ0n) is 17.0. The predicted molar refractivity (Wildman–Crippen MR) is 119 cm³/mol. The first kappa shape index (κ1) is 23.2. The summed E-state index contributed by atoms with van der Waals surface area (Å²) >= 11 is 12.4. The van der Waals surface area contributed by atoms with E-state index in [0.29, 0.717) is 23.0 Å². The molecule has 0 radical (unpaired) electrons. The summed E-state index contributed by atoms with van der Waals surface area (Å²) in [5.74, 6) is -0.267. The monoisotopic (exact) mass is 434 g/mol. The van der Waals surface area contributed by atoms with Gasteiger partial charge in [0.05, 0.1) is 6.42 Å². The summed E-state index contributed by atoms with van der Waals surface area (Å²) < 4.78 is 0. The summed E-state index contributed by atoms with van der Waals surface area (Å²) in [6.45, 7) is 4.87. The number of benzene rings is 2. The third-order valence-electron chi connectivity index (χ3n) is 4.76. The number of nitrogens with one attached hydrogen (secondary N) is 1. The lowest BCUT2D eigenvalue weighted by Gasteiger charge is -2.31. The first-order valence-electron chi connectivity index (χ1n) is 10.0. The first-order valence-corrected chi connectivity index (χ1v) is 10.8. The van der Waals surface area contributed by atoms with Crippen LogP contribution in [-0.4, -0.2) is 29.3 Å². The number of unbranched alkanes of at least 4 members (excludes halogenated alkanes) is 1. The van der Waals surface area contributed by atoms with Gasteiger partial charge in [-0.1, -0.05) is 73.8 Å². The number of carbonyl (C=O) groups excluding carboxylic acids is 2. The number of amides is 2. The van der Waals surface area contributed by atoms with Crippen molar-refractivity contribution in [3.63, 3.8) is 0 Å². The molecule has 0 heterocycles. The van der Waals surface area contributed by atoms with Gasteiger partial charge < -0.3 is 10.2 Å². The van der Waals surface area contributed by atoms with Crippen molar-refractivity contribution in [1.29, 1.82) is 0 Å². The Kier molecular flexibility index (Phi) is 9.49. The van der Waals surface area contributed by atoms with E-state index >= 15 is 0 Å². The molecule has 0 spiro atoms. The van der Waals surface area contributed by atoms with Crippen LogP contribution in [0, 0.1) is 0 Å². The van der Waals surface area contributed by atoms with Gasteiger partial charge in [0.1, 0.15) is 6.04 Å². The van der Waals surface area contributed by atoms with Gasteiger partial charge >= 0.3 is 0 Å². The van der Waals surface area contributed by atoms with Crippen LogP contribution in [0.15, 0.2) is 48.5 Å². The van der Waals surface area contributed by atoms with Crippen LogP contribution in [0.2, 0.25) is 10.0 Å². The molecule has 1 N–H and O–H groups in total. The Hall–Kier alpha value is -2.04. The van der Waals surface area contributed by atoms with Gasteiger partial charge in [-0.05, 0) is 42.2 Å². The molecule has 0 fully saturated rings. The molecule has 0 aliphatic carbocycles. The van der Waals surface area contributed by atoms with E-state index < -0.39 is 6.04 Å². The van der Waals surface area contributed by atoms with Crippen molar-refractivity contribution in [1.82, 2.24) is 10.2 Å². The van der Waals surface area contributed by atoms with Crippen molar-refractivity contribution in [2.75, 3.05) is 6.54 Å². The summed E-state index contributed by atoms with van der Waals surface area (Å²) in [5.41, 5.74) is 1.63. The van der Waals surface area contributed by atoms with Crippen LogP contribution >= 0.6 is 23.2 Å². The third kappa shape index (κ3) is 7.06. The van der Waals surface area contributed by atoms with Gasteiger partial charge in [-0.3, -0.25) is 9.59 Å². The molecule has 2 aromatic carbocycles. The fraction of sp³-hybridized carbons (Fsp3) is 0.391. The summed E-state index contributed by atoms with van der Waals surface area (Å²) in [5, 5.41) is 4.12. The largest absolute Gasteiger partial charge is 0.354 e. The summed E-state index contributed by atoms with van der Waals surface area (Å²) in [7, 11) is 0. The molecule has 0 saturated carbocycles. The van der Waals surface area contributed by atoms with Crippen LogP contribution in [-0.2, 0) is 22.6 Å². The molecule has 156 valence electrons. The van der Waals surface area contributed by atoms with Crippen molar-refractivity contribution in [3.05, 3.63) is 69.7 Å². The van der Waals surface area contributed by atoms with Crippen LogP contribution in [0.25, 0.3) is 0 Å². The van der Waals surface area contributed by atoms with Crippen molar-refractivity contribution in [2.45, 2.75) is 52.1 Å². The van der Waals surface area contributed by atoms with Crippen molar-refractivity contribution in [3.8, 4) is 0 Å². The highest BCUT2D eigenvalue weighted by Gasteiger charge is 2.28. The maximum absolute atomic E-state index is 13.2. The van der Waals surface area contributed by atoms with Gasteiger partial charge in [-0.15, -0.1) is 0 Å². The Morgan fingerprint density at radius 2 is 1.83 bits per heavy atom. The van der Waals surface area contributed by atoms with E-state index in [-0.39, 0.29) is 24.8 Å². The molecule has 2 amide bonds. The minimum Gasteiger partial charge on any atom is -0.354 e. The normalized spacial score (nSPS) is 11.7. The first-order chi connectivity index (χ1) is 14.0. The van der Waals surface area contributed by atoms with E-state index in [4.69, 9.17) is 23.2 Å². The lowest BCUT2D eigenvalue weighted by molar-refractivity contribution is -0.140. The molecule has 1 atom stereocenters. The van der Waals surface area contributed by atoms with E-state index in [2.05, 4.69) is 12.2 Å². The zero-order valence-corrected chi connectivity index (χ0v) is 18.5. The third-order valence-corrected chi connectivity index (χ3v) is 5.36. The van der Waals surface area contributed by atoms with Gasteiger partial charge in [0.15, 0.2) is 0 Å². The minimum absolute atomic E-state index is 0.132. The maximum atomic E-state index is 13.2. The Bertz CT molecular complexity index is 826. The standard InChI is InChI=1S/C23H28Cl2N2O2/c1-3-5-13-26-23(29)21(4-2)27(16-18-10-6-7-12-20(18)25)22(28)15-17-9-8-11-19(24)14-17/h6-12,14,21H,3-5,13,15-16H2,1-2H3,(H,26,29). The highest BCUT2D eigenvalue weighted by Crippen LogP contribution is 2.21. The number of hydrogen-bond acceptors (Lipinski definition) is 2. The molecule has 1 unspecified atom stereocenters. The second-order valence-corrected chi connectivity index (χ2v) is 7.83. The van der Waals surface area contributed by atoms with E-state index in [9.17, 15) is 9.59 Å². The average Bonchev–Trinajstić information content (AvgIpc) is 2.69. The highest BCUT2D eigenvalue weighted by molar-refractivity contribution is 6.31. The fourth-order valence-corrected chi connectivity index (χ4v) is 3.57. The van der Waals surface area contributed by atoms with Crippen LogP contribution < -0.4 is 5.32 Å². The van der Waals surface area contributed by atoms with E-state index in [0.717, 1.165) is 24.0 Å². The molecular weight excluding hydrogens is 407 g/mol. The minimum atomic E-state index is -0.560. The molecule has 0 aromatic heterocycles. The van der Waals surface area contributed by atoms with Gasteiger partial charge in [0, 0.05) is 23.1 Å². The second kappa shape index (κ2) is 11.8. The SMILES string of the molecule is CCCCNC(=O)C(CC)N(Cc1ccccc1Cl)C(=O)Cc1cccc(Cl)c1. The van der Waals surface area contributed by atoms with Crippen LogP contribution in [0.4, 0.5) is 0 Å². The highest BCUT2D eigenvalue weighted by atomic mass is 35.5. The molecule has 0 aliphatic heterocycles. The quantitative estimate of drug-likeness (QED) is 0.518. The predicted octanol–water partition coefficient (Wildman–Crippen LogP) is 5.26. The van der Waals surface area contributed by atoms with Crippen molar-refractivity contribution in [2.24, 2.45) is 0 Å². The summed E-state index contributed by atoms with van der Waals surface area (Å²) in [4.78, 5) is 27.7. The Morgan fingerprint density at radius 3 is 2.48 bits per heavy atom. The summed E-state index contributed by atoms with van der Waals surface area (Å²) in [6, 6.07) is 14.1. The molecule has 0 saturated heterocycles. The lowest BCUT2D eigenvalue weighted by Crippen LogP contribution is -2.49. The number of halogens is 2. The molecule has 2 rings (SSSR count). The van der Waals surface area contributed by atoms with Crippen LogP contribution in [0.3, 0.4) is 0 Å². The van der Waals surface area contributed by atoms with Gasteiger partial charge in [-0.2, -0.15) is 0 Å². The molecule has 0 bridgehead atoms. The van der Waals surface area contributed by atoms with E-state index in [1.807, 2.05) is 37.3 Å². The topological polar surface area (TPSA) is 49.4 Å². The van der Waals surface area contributed by atoms with Crippen molar-refractivity contribution >= 4 is 35.0 Å². The zero-order chi connectivity index (χ0) is 21.2. The van der Waals surface area contributed by atoms with Gasteiger partial charge in [-0.25, -0.2) is 0 Å². The smallest absolute Gasteiger partial charge is 0.242 e. The van der Waals surface area contributed by atoms with Crippen LogP contribution in [0.5, 0.6) is 0 Å². The second-order valence-electron chi connectivity index (χ2n) is 6.99. The molecule has 0 aliphatic rings. The Balaban J connectivity index is 2.26. The van der Waals surface area contributed by atoms with E-state index in [1.165, 1.54) is 0 Å². The number of nitrogens with zero attached hydrogens (tertiary/aromatic N) is 1. The van der Waals surface area contributed by atoms with Crippen LogP contribution in [0.1, 0.15) is 44.2 Å². The summed E-state index contributed by atoms with van der Waals surface area (Å²) in [6.07, 6.45) is 2.59. The Morgan fingerprint density at radius 1 is 1.07 bits per heavy atom. The Labute approximate surface area is 183 Å². The average molecular weight is 435 g/mol. The lowest BCUT2D eigenvalue weighted by atomic mass is 10.1. The number of carbonyl (C=O) groups is 2. The number of hydrogen-bond donors (Lipinski definition) is 1.